The van der Waals surface area contributed by atoms with Gasteiger partial charge in [0.25, 0.3) is 0 Å². The summed E-state index contributed by atoms with van der Waals surface area (Å²) in [7, 11) is 0. The van der Waals surface area contributed by atoms with Crippen LogP contribution in [0.1, 0.15) is 68.1 Å². The molecule has 2 aromatic rings. The van der Waals surface area contributed by atoms with E-state index in [0.717, 1.165) is 43.6 Å². The molecule has 2 aliphatic carbocycles. The Hall–Kier alpha value is -2.31. The third kappa shape index (κ3) is 4.63. The first-order chi connectivity index (χ1) is 16.8. The number of benzene rings is 2. The van der Waals surface area contributed by atoms with Crippen molar-refractivity contribution in [3.8, 4) is 0 Å². The number of hydrogen-bond acceptors (Lipinski definition) is 4. The zero-order chi connectivity index (χ0) is 24.6. The first kappa shape index (κ1) is 24.4. The number of likely N-dealkylation sites (tertiary alicyclic amines) is 1. The third-order valence-electron chi connectivity index (χ3n) is 9.00. The number of carbonyl (C=O) groups excluding carboxylic acids is 1. The largest absolute Gasteiger partial charge is 0.352 e. The minimum Gasteiger partial charge on any atom is -0.300 e. The highest BCUT2D eigenvalue weighted by Crippen LogP contribution is 2.53. The van der Waals surface area contributed by atoms with Crippen molar-refractivity contribution in [1.82, 2.24) is 4.90 Å². The second-order valence-corrected chi connectivity index (χ2v) is 11.1. The maximum Gasteiger partial charge on any atom is 0.352 e. The molecule has 188 valence electrons. The molecule has 0 aromatic heterocycles. The predicted octanol–water partition coefficient (Wildman–Crippen LogP) is 6.41. The summed E-state index contributed by atoms with van der Waals surface area (Å²) in [5.74, 6) is -3.07. The normalized spacial score (nSPS) is 29.9. The van der Waals surface area contributed by atoms with Crippen LogP contribution in [-0.4, -0.2) is 35.1 Å². The Labute approximate surface area is 206 Å². The second-order valence-electron chi connectivity index (χ2n) is 11.1. The van der Waals surface area contributed by atoms with Gasteiger partial charge >= 0.3 is 5.97 Å². The number of halogens is 2. The van der Waals surface area contributed by atoms with Gasteiger partial charge in [-0.15, -0.1) is 0 Å². The quantitative estimate of drug-likeness (QED) is 0.381. The van der Waals surface area contributed by atoms with Gasteiger partial charge in [-0.05, 0) is 73.0 Å². The molecule has 2 bridgehead atoms. The minimum atomic E-state index is -2.81. The summed E-state index contributed by atoms with van der Waals surface area (Å²) in [6, 6.07) is 18.3. The van der Waals surface area contributed by atoms with Crippen molar-refractivity contribution in [2.45, 2.75) is 69.2 Å². The van der Waals surface area contributed by atoms with E-state index in [1.165, 1.54) is 5.56 Å². The van der Waals surface area contributed by atoms with E-state index >= 15 is 0 Å². The lowest BCUT2D eigenvalue weighted by atomic mass is 9.62. The number of carbonyl (C=O) groups is 1. The number of rotatable bonds is 6. The molecule has 2 aromatic carbocycles. The lowest BCUT2D eigenvalue weighted by molar-refractivity contribution is -0.243. The summed E-state index contributed by atoms with van der Waals surface area (Å²) in [6.07, 6.45) is 2.60. The highest BCUT2D eigenvalue weighted by molar-refractivity contribution is 5.83. The Bertz CT molecular complexity index is 1030. The molecule has 1 N–H and O–H groups in total. The molecular formula is C29H35F2NO3. The second kappa shape index (κ2) is 9.62. The van der Waals surface area contributed by atoms with E-state index in [9.17, 15) is 18.8 Å². The Morgan fingerprint density at radius 3 is 2.37 bits per heavy atom. The minimum absolute atomic E-state index is 0.153. The molecule has 2 saturated carbocycles. The molecule has 6 heteroatoms. The average Bonchev–Trinajstić information content (AvgIpc) is 3.12. The van der Waals surface area contributed by atoms with Crippen LogP contribution in [0.5, 0.6) is 0 Å². The van der Waals surface area contributed by atoms with Gasteiger partial charge < -0.3 is 4.89 Å². The first-order valence-corrected chi connectivity index (χ1v) is 12.9. The average molecular weight is 484 g/mol. The highest BCUT2D eigenvalue weighted by atomic mass is 19.3. The van der Waals surface area contributed by atoms with E-state index in [4.69, 9.17) is 0 Å². The Morgan fingerprint density at radius 2 is 1.71 bits per heavy atom. The van der Waals surface area contributed by atoms with Crippen LogP contribution in [0.2, 0.25) is 0 Å². The van der Waals surface area contributed by atoms with Crippen molar-refractivity contribution < 1.29 is 23.7 Å². The van der Waals surface area contributed by atoms with Crippen LogP contribution in [0, 0.1) is 17.8 Å². The molecule has 1 heterocycles. The number of hydrogen-bond donors (Lipinski definition) is 1. The number of nitrogens with zero attached hydrogens (tertiary/aromatic N) is 1. The van der Waals surface area contributed by atoms with Gasteiger partial charge in [-0.1, -0.05) is 54.6 Å². The molecule has 0 radical (unpaired) electrons. The van der Waals surface area contributed by atoms with E-state index in [2.05, 4.69) is 40.1 Å². The van der Waals surface area contributed by atoms with Gasteiger partial charge in [-0.2, -0.15) is 5.26 Å². The molecule has 4 unspecified atom stereocenters. The van der Waals surface area contributed by atoms with Crippen molar-refractivity contribution >= 4 is 5.97 Å². The summed E-state index contributed by atoms with van der Waals surface area (Å²) in [5, 5.41) is 9.44. The molecule has 1 aliphatic heterocycles. The van der Waals surface area contributed by atoms with Crippen molar-refractivity contribution in [3.63, 3.8) is 0 Å². The third-order valence-corrected chi connectivity index (χ3v) is 9.00. The van der Waals surface area contributed by atoms with Crippen molar-refractivity contribution in [1.29, 1.82) is 0 Å². The van der Waals surface area contributed by atoms with E-state index in [1.54, 1.807) is 6.92 Å². The zero-order valence-electron chi connectivity index (χ0n) is 20.3. The van der Waals surface area contributed by atoms with E-state index < -0.39 is 23.2 Å². The van der Waals surface area contributed by atoms with Gasteiger partial charge in [0.05, 0.1) is 5.41 Å². The standard InChI is InChI=1S/C29H35F2NO3/c1-28(27(33)35-34,23-10-7-15-29(30,31)16-23)25-12-6-5-11-24(25)26-21-13-14-22(26)19-32(18-21)17-20-8-3-2-4-9-20/h2-6,8-9,11-12,21-23,26,34H,7,10,13-19H2,1H3. The maximum atomic E-state index is 14.5. The fourth-order valence-corrected chi connectivity index (χ4v) is 7.31. The molecule has 5 rings (SSSR count). The lowest BCUT2D eigenvalue weighted by Crippen LogP contribution is -2.47. The molecular weight excluding hydrogens is 448 g/mol. The van der Waals surface area contributed by atoms with Gasteiger partial charge in [0, 0.05) is 32.5 Å². The predicted molar refractivity (Wildman–Crippen MR) is 130 cm³/mol. The van der Waals surface area contributed by atoms with Crippen molar-refractivity contribution in [3.05, 3.63) is 71.3 Å². The van der Waals surface area contributed by atoms with Gasteiger partial charge in [0.15, 0.2) is 0 Å². The summed E-state index contributed by atoms with van der Waals surface area (Å²) in [5.41, 5.74) is 1.80. The molecule has 3 fully saturated rings. The van der Waals surface area contributed by atoms with Gasteiger partial charge in [-0.3, -0.25) is 4.90 Å². The summed E-state index contributed by atoms with van der Waals surface area (Å²) in [6.45, 7) is 4.58. The van der Waals surface area contributed by atoms with Crippen LogP contribution < -0.4 is 0 Å². The fourth-order valence-electron chi connectivity index (χ4n) is 7.31. The molecule has 4 atom stereocenters. The maximum absolute atomic E-state index is 14.5. The smallest absolute Gasteiger partial charge is 0.300 e. The molecule has 4 nitrogen and oxygen atoms in total. The monoisotopic (exact) mass is 483 g/mol. The van der Waals surface area contributed by atoms with Gasteiger partial charge in [0.1, 0.15) is 0 Å². The molecule has 0 amide bonds. The van der Waals surface area contributed by atoms with Crippen LogP contribution in [0.25, 0.3) is 0 Å². The topological polar surface area (TPSA) is 49.8 Å². The first-order valence-electron chi connectivity index (χ1n) is 12.9. The fraction of sp³-hybridized carbons (Fsp3) is 0.552. The Morgan fingerprint density at radius 1 is 1.06 bits per heavy atom. The van der Waals surface area contributed by atoms with Crippen LogP contribution in [-0.2, 0) is 21.6 Å². The van der Waals surface area contributed by atoms with Crippen LogP contribution in [0.15, 0.2) is 54.6 Å². The van der Waals surface area contributed by atoms with Crippen LogP contribution >= 0.6 is 0 Å². The number of alkyl halides is 2. The van der Waals surface area contributed by atoms with Crippen LogP contribution in [0.4, 0.5) is 8.78 Å². The molecule has 1 saturated heterocycles. The lowest BCUT2D eigenvalue weighted by Gasteiger charge is -2.43. The van der Waals surface area contributed by atoms with E-state index in [0.29, 0.717) is 24.7 Å². The van der Waals surface area contributed by atoms with Gasteiger partial charge in [-0.25, -0.2) is 13.6 Å². The Kier molecular flexibility index (Phi) is 6.71. The van der Waals surface area contributed by atoms with E-state index in [-0.39, 0.29) is 18.8 Å². The number of piperidine rings is 1. The van der Waals surface area contributed by atoms with Crippen LogP contribution in [0.3, 0.4) is 0 Å². The Balaban J connectivity index is 1.46. The molecule has 35 heavy (non-hydrogen) atoms. The molecule has 3 aliphatic rings. The summed E-state index contributed by atoms with van der Waals surface area (Å²) >= 11 is 0. The van der Waals surface area contributed by atoms with Crippen molar-refractivity contribution in [2.24, 2.45) is 17.8 Å². The zero-order valence-corrected chi connectivity index (χ0v) is 20.3. The van der Waals surface area contributed by atoms with Crippen molar-refractivity contribution in [2.75, 3.05) is 13.1 Å². The SMILES string of the molecule is CC(C(=O)OO)(c1ccccc1C1C2CCC1CN(Cc1ccccc1)C2)C1CCCC(F)(F)C1. The summed E-state index contributed by atoms with van der Waals surface area (Å²) < 4.78 is 28.9. The van der Waals surface area contributed by atoms with E-state index in [1.807, 2.05) is 24.3 Å². The molecule has 0 spiro atoms. The number of fused-ring (bicyclic) bond motifs is 2. The van der Waals surface area contributed by atoms with Gasteiger partial charge in [0.2, 0.25) is 5.92 Å². The highest BCUT2D eigenvalue weighted by Gasteiger charge is 2.53. The summed E-state index contributed by atoms with van der Waals surface area (Å²) in [4.78, 5) is 19.9.